The first kappa shape index (κ1) is 16.9. The lowest BCUT2D eigenvalue weighted by Crippen LogP contribution is -2.33. The van der Waals surface area contributed by atoms with Gasteiger partial charge in [0.15, 0.2) is 0 Å². The van der Waals surface area contributed by atoms with Gasteiger partial charge in [0.25, 0.3) is 0 Å². The minimum Gasteiger partial charge on any atom is -0.0622 e. The van der Waals surface area contributed by atoms with Crippen molar-refractivity contribution < 1.29 is 4.68 Å². The standard InChI is InChI=1S/C25H21N2/c1-2-26-27-24(21-14-8-4-9-15-21)18-23(20-12-6-3-7-13-20)19-25(27)22-16-10-5-11-17-22/h2-19H,1H3/q+1. The molecule has 1 heterocycles. The van der Waals surface area contributed by atoms with Crippen molar-refractivity contribution in [2.75, 3.05) is 0 Å². The third kappa shape index (κ3) is 3.56. The summed E-state index contributed by atoms with van der Waals surface area (Å²) in [6.07, 6.45) is 1.83. The summed E-state index contributed by atoms with van der Waals surface area (Å²) in [4.78, 5) is 0. The fourth-order valence-corrected chi connectivity index (χ4v) is 3.25. The minimum atomic E-state index is 1.06. The highest BCUT2D eigenvalue weighted by atomic mass is 15.3. The molecule has 0 saturated heterocycles. The van der Waals surface area contributed by atoms with E-state index in [4.69, 9.17) is 0 Å². The number of benzene rings is 3. The Balaban J connectivity index is 2.04. The van der Waals surface area contributed by atoms with E-state index in [9.17, 15) is 0 Å². The molecule has 0 spiro atoms. The van der Waals surface area contributed by atoms with Gasteiger partial charge in [-0.2, -0.15) is 0 Å². The van der Waals surface area contributed by atoms with Gasteiger partial charge in [-0.1, -0.05) is 66.7 Å². The van der Waals surface area contributed by atoms with Gasteiger partial charge in [-0.3, -0.25) is 0 Å². The number of hydrogen-bond donors (Lipinski definition) is 0. The normalized spacial score (nSPS) is 11.0. The van der Waals surface area contributed by atoms with Gasteiger partial charge in [-0.25, -0.2) is 0 Å². The van der Waals surface area contributed by atoms with E-state index < -0.39 is 0 Å². The summed E-state index contributed by atoms with van der Waals surface area (Å²) in [6, 6.07) is 35.7. The highest BCUT2D eigenvalue weighted by Gasteiger charge is 2.22. The van der Waals surface area contributed by atoms with E-state index in [0.717, 1.165) is 22.5 Å². The van der Waals surface area contributed by atoms with Crippen LogP contribution in [-0.4, -0.2) is 6.21 Å². The zero-order valence-electron chi connectivity index (χ0n) is 15.3. The molecule has 4 aromatic rings. The molecular weight excluding hydrogens is 328 g/mol. The Labute approximate surface area is 160 Å². The summed E-state index contributed by atoms with van der Waals surface area (Å²) < 4.78 is 2.02. The first-order valence-corrected chi connectivity index (χ1v) is 9.12. The SMILES string of the molecule is CC=N[n+]1c(-c2ccccc2)cc(-c2ccccc2)cc1-c1ccccc1. The highest BCUT2D eigenvalue weighted by molar-refractivity contribution is 5.73. The first-order valence-electron chi connectivity index (χ1n) is 9.12. The number of pyridine rings is 1. The van der Waals surface area contributed by atoms with Crippen LogP contribution in [0.15, 0.2) is 108 Å². The van der Waals surface area contributed by atoms with E-state index in [1.54, 1.807) is 0 Å². The molecule has 4 rings (SSSR count). The second-order valence-corrected chi connectivity index (χ2v) is 6.30. The second kappa shape index (κ2) is 7.79. The van der Waals surface area contributed by atoms with Crippen molar-refractivity contribution in [1.29, 1.82) is 0 Å². The maximum absolute atomic E-state index is 4.69. The number of hydrogen-bond acceptors (Lipinski definition) is 1. The fraction of sp³-hybridized carbons (Fsp3) is 0.0400. The fourth-order valence-electron chi connectivity index (χ4n) is 3.25. The van der Waals surface area contributed by atoms with Gasteiger partial charge in [-0.05, 0) is 52.1 Å². The molecule has 0 amide bonds. The van der Waals surface area contributed by atoms with Gasteiger partial charge in [0.05, 0.1) is 6.21 Å². The molecule has 0 radical (unpaired) electrons. The van der Waals surface area contributed by atoms with Crippen molar-refractivity contribution in [3.8, 4) is 33.6 Å². The lowest BCUT2D eigenvalue weighted by Gasteiger charge is -2.08. The Kier molecular flexibility index (Phi) is 4.88. The Bertz CT molecular complexity index is 993. The zero-order chi connectivity index (χ0) is 18.5. The molecule has 2 nitrogen and oxygen atoms in total. The number of rotatable bonds is 4. The van der Waals surface area contributed by atoms with Crippen LogP contribution in [0.4, 0.5) is 0 Å². The predicted octanol–water partition coefficient (Wildman–Crippen LogP) is 5.83. The van der Waals surface area contributed by atoms with E-state index in [1.807, 2.05) is 36.0 Å². The predicted molar refractivity (Wildman–Crippen MR) is 113 cm³/mol. The molecule has 27 heavy (non-hydrogen) atoms. The molecule has 130 valence electrons. The van der Waals surface area contributed by atoms with Crippen molar-refractivity contribution in [3.05, 3.63) is 103 Å². The maximum Gasteiger partial charge on any atom is 0.246 e. The van der Waals surface area contributed by atoms with Crippen LogP contribution in [0.25, 0.3) is 33.6 Å². The van der Waals surface area contributed by atoms with Crippen LogP contribution >= 0.6 is 0 Å². The Morgan fingerprint density at radius 2 is 0.963 bits per heavy atom. The molecule has 0 aliphatic carbocycles. The lowest BCUT2D eigenvalue weighted by molar-refractivity contribution is -0.656. The maximum atomic E-state index is 4.69. The van der Waals surface area contributed by atoms with Crippen LogP contribution in [0.5, 0.6) is 0 Å². The third-order valence-corrected chi connectivity index (χ3v) is 4.52. The summed E-state index contributed by atoms with van der Waals surface area (Å²) in [5.74, 6) is 0. The van der Waals surface area contributed by atoms with Crippen molar-refractivity contribution in [2.45, 2.75) is 6.92 Å². The monoisotopic (exact) mass is 349 g/mol. The topological polar surface area (TPSA) is 16.2 Å². The summed E-state index contributed by atoms with van der Waals surface area (Å²) in [6.45, 7) is 1.95. The first-order chi connectivity index (χ1) is 13.4. The van der Waals surface area contributed by atoms with Gasteiger partial charge in [0.2, 0.25) is 11.4 Å². The van der Waals surface area contributed by atoms with Gasteiger partial charge in [0, 0.05) is 23.3 Å². The largest absolute Gasteiger partial charge is 0.246 e. The lowest BCUT2D eigenvalue weighted by atomic mass is 10.00. The van der Waals surface area contributed by atoms with Gasteiger partial charge >= 0.3 is 0 Å². The van der Waals surface area contributed by atoms with Crippen molar-refractivity contribution in [3.63, 3.8) is 0 Å². The molecule has 3 aromatic carbocycles. The Morgan fingerprint density at radius 1 is 0.556 bits per heavy atom. The summed E-state index contributed by atoms with van der Waals surface area (Å²) >= 11 is 0. The number of aromatic nitrogens is 1. The molecule has 0 fully saturated rings. The number of nitrogens with zero attached hydrogens (tertiary/aromatic N) is 2. The molecule has 1 aromatic heterocycles. The molecule has 0 bridgehead atoms. The van der Waals surface area contributed by atoms with Crippen LogP contribution in [0.2, 0.25) is 0 Å². The van der Waals surface area contributed by atoms with Crippen LogP contribution in [0.1, 0.15) is 6.92 Å². The molecule has 0 unspecified atom stereocenters. The van der Waals surface area contributed by atoms with Crippen LogP contribution in [0.3, 0.4) is 0 Å². The van der Waals surface area contributed by atoms with Gasteiger partial charge in [0.1, 0.15) is 0 Å². The smallest absolute Gasteiger partial charge is 0.0622 e. The quantitative estimate of drug-likeness (QED) is 0.326. The molecule has 0 atom stereocenters. The van der Waals surface area contributed by atoms with E-state index in [0.29, 0.717) is 0 Å². The summed E-state index contributed by atoms with van der Waals surface area (Å²) in [5.41, 5.74) is 6.77. The van der Waals surface area contributed by atoms with Crippen molar-refractivity contribution in [1.82, 2.24) is 0 Å². The Hall–Kier alpha value is -3.52. The molecule has 0 saturated carbocycles. The van der Waals surface area contributed by atoms with E-state index >= 15 is 0 Å². The second-order valence-electron chi connectivity index (χ2n) is 6.30. The molecule has 0 N–H and O–H groups in total. The van der Waals surface area contributed by atoms with Crippen molar-refractivity contribution >= 4 is 6.21 Å². The highest BCUT2D eigenvalue weighted by Crippen LogP contribution is 2.28. The van der Waals surface area contributed by atoms with Gasteiger partial charge in [-0.15, -0.1) is 0 Å². The molecule has 0 aliphatic rings. The van der Waals surface area contributed by atoms with Crippen LogP contribution in [0, 0.1) is 0 Å². The van der Waals surface area contributed by atoms with Crippen LogP contribution < -0.4 is 4.68 Å². The summed E-state index contributed by atoms with van der Waals surface area (Å²) in [7, 11) is 0. The van der Waals surface area contributed by atoms with E-state index in [1.165, 1.54) is 11.1 Å². The molecular formula is C25H21N2+. The molecule has 0 aliphatic heterocycles. The van der Waals surface area contributed by atoms with E-state index in [-0.39, 0.29) is 0 Å². The average molecular weight is 349 g/mol. The summed E-state index contributed by atoms with van der Waals surface area (Å²) in [5, 5.41) is 4.69. The molecule has 2 heteroatoms. The minimum absolute atomic E-state index is 1.06. The van der Waals surface area contributed by atoms with E-state index in [2.05, 4.69) is 90.0 Å². The zero-order valence-corrected chi connectivity index (χ0v) is 15.3. The third-order valence-electron chi connectivity index (χ3n) is 4.52. The average Bonchev–Trinajstić information content (AvgIpc) is 2.76. The van der Waals surface area contributed by atoms with Crippen molar-refractivity contribution in [2.24, 2.45) is 5.10 Å². The van der Waals surface area contributed by atoms with Gasteiger partial charge < -0.3 is 0 Å². The Morgan fingerprint density at radius 3 is 1.37 bits per heavy atom. The van der Waals surface area contributed by atoms with Crippen LogP contribution in [-0.2, 0) is 0 Å².